The highest BCUT2D eigenvalue weighted by Crippen LogP contribution is 2.72. The van der Waals surface area contributed by atoms with Gasteiger partial charge in [0.2, 0.25) is 17.3 Å². The van der Waals surface area contributed by atoms with Crippen LogP contribution in [0.25, 0.3) is 0 Å². The maximum absolute atomic E-state index is 13.3. The number of fused-ring (bicyclic) bond motifs is 25. The van der Waals surface area contributed by atoms with E-state index in [1.165, 1.54) is 78.2 Å². The molecule has 0 saturated heterocycles. The molecule has 0 aromatic rings. The van der Waals surface area contributed by atoms with Crippen molar-refractivity contribution in [1.29, 1.82) is 0 Å². The van der Waals surface area contributed by atoms with E-state index in [1.54, 1.807) is 42.9 Å². The first-order valence-corrected chi connectivity index (χ1v) is 53.1. The lowest BCUT2D eigenvalue weighted by atomic mass is 9.50. The van der Waals surface area contributed by atoms with Gasteiger partial charge in [0.15, 0.2) is 54.5 Å². The first kappa shape index (κ1) is 105. The fourth-order valence-corrected chi connectivity index (χ4v) is 33.0. The van der Waals surface area contributed by atoms with Gasteiger partial charge in [0.1, 0.15) is 35.0 Å². The number of ketones is 11. The van der Waals surface area contributed by atoms with E-state index in [-0.39, 0.29) is 165 Å². The topological polar surface area (TPSA) is 354 Å². The maximum Gasteiger partial charge on any atom is 0.306 e. The summed E-state index contributed by atoms with van der Waals surface area (Å²) in [7, 11) is 0. The summed E-state index contributed by atoms with van der Waals surface area (Å²) in [4.78, 5) is 180. The largest absolute Gasteiger partial charge is 0.458 e. The Bertz CT molecular complexity index is 5710. The van der Waals surface area contributed by atoms with E-state index >= 15 is 0 Å². The number of ether oxygens (including phenoxy) is 4. The van der Waals surface area contributed by atoms with Crippen molar-refractivity contribution >= 4 is 87.5 Å². The lowest BCUT2D eigenvalue weighted by molar-refractivity contribution is -0.168. The highest BCUT2D eigenvalue weighted by atomic mass is 16.5. The predicted molar refractivity (Wildman–Crippen MR) is 530 cm³/mol. The number of allylic oxidation sites excluding steroid dienone is 26. The highest BCUT2D eigenvalue weighted by Gasteiger charge is 2.70. The summed E-state index contributed by atoms with van der Waals surface area (Å²) < 4.78 is 20.1. The third-order valence-corrected chi connectivity index (χ3v) is 41.4. The van der Waals surface area contributed by atoms with Crippen LogP contribution in [-0.4, -0.2) is 146 Å². The van der Waals surface area contributed by atoms with Gasteiger partial charge >= 0.3 is 23.9 Å². The van der Waals surface area contributed by atoms with Crippen LogP contribution in [0.2, 0.25) is 0 Å². The van der Waals surface area contributed by atoms with E-state index in [9.17, 15) is 87.2 Å². The zero-order valence-electron chi connectivity index (χ0n) is 86.3. The van der Waals surface area contributed by atoms with Crippen LogP contribution in [0.15, 0.2) is 153 Å². The number of hydrogen-bond acceptors (Lipinski definition) is 22. The van der Waals surface area contributed by atoms with Gasteiger partial charge in [0, 0.05) is 101 Å². The van der Waals surface area contributed by atoms with Crippen LogP contribution in [-0.2, 0) is 90.9 Å². The fraction of sp³-hybridized carbons (Fsp3) is 0.655. The molecule has 0 amide bonds. The van der Waals surface area contributed by atoms with Crippen LogP contribution < -0.4 is 0 Å². The Labute approximate surface area is 832 Å². The minimum Gasteiger partial charge on any atom is -0.458 e. The molecule has 0 heterocycles. The average Bonchev–Trinajstić information content (AvgIpc) is 1.55. The number of hydrogen-bond donors (Lipinski definition) is 3. The molecule has 0 aromatic heterocycles. The summed E-state index contributed by atoms with van der Waals surface area (Å²) in [5.74, 6) is 1.63. The third kappa shape index (κ3) is 17.5. The number of carbonyl (C=O) groups excluding carboxylic acids is 15. The third-order valence-electron chi connectivity index (χ3n) is 41.4. The summed E-state index contributed by atoms with van der Waals surface area (Å²) in [6.45, 7) is 30.2. The van der Waals surface area contributed by atoms with Crippen LogP contribution in [0.1, 0.15) is 316 Å². The second-order valence-corrected chi connectivity index (χ2v) is 48.1. The second-order valence-electron chi connectivity index (χ2n) is 48.1. The van der Waals surface area contributed by atoms with Crippen LogP contribution in [0, 0.1) is 131 Å². The number of carbonyl (C=O) groups is 15. The van der Waals surface area contributed by atoms with Gasteiger partial charge < -0.3 is 39.1 Å². The first-order valence-electron chi connectivity index (χ1n) is 53.1. The van der Waals surface area contributed by atoms with E-state index in [1.807, 2.05) is 65.0 Å². The van der Waals surface area contributed by atoms with Crippen LogP contribution in [0.4, 0.5) is 0 Å². The summed E-state index contributed by atoms with van der Waals surface area (Å²) in [6, 6.07) is 0. The molecule has 10 fully saturated rings. The standard InChI is InChI=1S/C27H34O6.C24H32O5.C23H28O5.C23H28O4.C22H30O2/c1-16-13-22-20-7-6-18-14-19(29)9-11-25(18,3)21(20)10-12-26(22,4)27(16,32)23(30)15-33-24(31)8-5-17(2)28;1-4-21(27)29-14-20(26)24(28)12-9-19-17-6-5-15-13-16(25)7-10-22(15,2)18(17)8-11-23(19,24)3;1-14(24)28-13-20(26)23(27)11-8-19-17-5-4-15-12-16(25)6-9-21(15,2)18(17)7-10-22(19,23)3;1-14(24)27-13-21(26)20-7-6-18-17-5-4-15-12-16(25)8-10-22(15,2)19(17)9-11-23(18,20)3;1-4-20(24)19-8-7-17-16-6-5-14-13-15(23)9-11-21(14,2)18(16)10-12-22(17,19)3/h9-11,14,16,20,22,32H,5-8,12-13,15H2,1-4H3;8,13,17,19,28H,4-7,9-12,14H2,1-3H3;6-7,9,12,17,19,27H,4-5,8,10-11,13H2,1-3H3;8-10,12,17-18,20H,4-7,11,13H2,1-3H3;10,13,16-17,19H,4-9,11-12H2,1-3H3/t16-,20?,22?,25+,26+,27+;17?,19?,22-,23-,24-;17?,19?,21-,22-,23-;17?,18?,20-,22+,23+;16?,17?,19-,21+,22+/m10011/s1. The monoisotopic (exact) mass is 1930 g/mol. The number of esters is 4. The fourth-order valence-electron chi connectivity index (χ4n) is 33.0. The molecule has 0 radical (unpaired) electrons. The van der Waals surface area contributed by atoms with Crippen molar-refractivity contribution in [2.24, 2.45) is 131 Å². The normalized spacial score (nSPS) is 40.9. The molecule has 10 saturated carbocycles. The second kappa shape index (κ2) is 38.6. The van der Waals surface area contributed by atoms with E-state index in [0.717, 1.165) is 128 Å². The van der Waals surface area contributed by atoms with Crippen LogP contribution in [0.5, 0.6) is 0 Å². The number of rotatable bonds is 18. The first-order chi connectivity index (χ1) is 66.4. The van der Waals surface area contributed by atoms with Gasteiger partial charge in [-0.15, -0.1) is 0 Å². The van der Waals surface area contributed by atoms with E-state index < -0.39 is 75.1 Å². The van der Waals surface area contributed by atoms with Crippen molar-refractivity contribution in [3.8, 4) is 0 Å². The molecule has 0 aromatic carbocycles. The Morgan fingerprint density at radius 3 is 1.15 bits per heavy atom. The minimum atomic E-state index is -1.59. The Hall–Kier alpha value is -9.25. The van der Waals surface area contributed by atoms with Gasteiger partial charge in [-0.1, -0.05) is 174 Å². The minimum absolute atomic E-state index is 0.0344. The van der Waals surface area contributed by atoms with E-state index in [0.29, 0.717) is 92.5 Å². The lowest BCUT2D eigenvalue weighted by Gasteiger charge is -2.54. The maximum atomic E-state index is 13.3. The van der Waals surface area contributed by atoms with Crippen molar-refractivity contribution in [3.63, 3.8) is 0 Å². The molecule has 26 atom stereocenters. The van der Waals surface area contributed by atoms with Crippen molar-refractivity contribution in [3.05, 3.63) is 153 Å². The SMILES string of the molecule is CC(=O)CCC(=O)OCC(=O)[C@@]1(O)[C@H](C)CC2C3CCC4=CC(=O)C=C[C@]4(C)C3=CC[C@@]21C.CC(=O)OCC(=O)[C@@]1(O)CCC2C3CCC4=CC(=O)C=C[C@]4(C)C3=CC[C@@]21C.CC(=O)OCC(=O)[C@H]1CCC2C3CCC4=CC(=O)C=C[C@]4(C)C3=CC[C@@]21C.CCC(=O)OCC(=O)[C@@]1(O)CCC2C3CCC4=CC(=O)CC[C@]4(C)C3=CC[C@@]21C.CCC(=O)[C@H]1CCC2C3CCC4=CC(=O)CC[C@]4(C)C3=CC[C@@]21C. The Morgan fingerprint density at radius 1 is 0.355 bits per heavy atom. The molecule has 20 rings (SSSR count). The molecule has 22 heteroatoms. The smallest absolute Gasteiger partial charge is 0.306 e. The molecule has 0 aliphatic heterocycles. The molecule has 0 bridgehead atoms. The van der Waals surface area contributed by atoms with Crippen molar-refractivity contribution in [2.45, 2.75) is 333 Å². The van der Waals surface area contributed by atoms with Crippen molar-refractivity contribution < 1.29 is 106 Å². The van der Waals surface area contributed by atoms with Gasteiger partial charge in [-0.2, -0.15) is 0 Å². The van der Waals surface area contributed by atoms with Gasteiger partial charge in [0.25, 0.3) is 0 Å². The lowest BCUT2D eigenvalue weighted by Crippen LogP contribution is -2.57. The molecular formula is C119H152O22. The zero-order valence-corrected chi connectivity index (χ0v) is 86.3. The summed E-state index contributed by atoms with van der Waals surface area (Å²) in [6.07, 6.45) is 56.6. The van der Waals surface area contributed by atoms with Gasteiger partial charge in [0.05, 0.1) is 6.42 Å². The quantitative estimate of drug-likeness (QED) is 0.0652. The summed E-state index contributed by atoms with van der Waals surface area (Å²) in [5, 5.41) is 34.7. The Kier molecular flexibility index (Phi) is 28.6. The molecule has 141 heavy (non-hydrogen) atoms. The summed E-state index contributed by atoms with van der Waals surface area (Å²) >= 11 is 0. The van der Waals surface area contributed by atoms with Crippen LogP contribution >= 0.6 is 0 Å². The van der Waals surface area contributed by atoms with E-state index in [2.05, 4.69) is 84.9 Å². The molecule has 20 aliphatic carbocycles. The van der Waals surface area contributed by atoms with Crippen molar-refractivity contribution in [2.75, 3.05) is 26.4 Å². The van der Waals surface area contributed by atoms with Crippen LogP contribution in [0.3, 0.4) is 0 Å². The molecule has 22 nitrogen and oxygen atoms in total. The number of Topliss-reactive ketones (excluding diaryl/α,β-unsaturated/α-hetero) is 6. The number of aliphatic hydroxyl groups is 3. The molecule has 3 N–H and O–H groups in total. The Morgan fingerprint density at radius 2 is 0.716 bits per heavy atom. The Balaban J connectivity index is 0.000000127. The molecule has 0 spiro atoms. The van der Waals surface area contributed by atoms with Gasteiger partial charge in [-0.3, -0.25) is 67.1 Å². The summed E-state index contributed by atoms with van der Waals surface area (Å²) in [5.41, 5.74) is 6.54. The molecule has 760 valence electrons. The molecule has 10 unspecified atom stereocenters. The van der Waals surface area contributed by atoms with Gasteiger partial charge in [-0.25, -0.2) is 0 Å². The van der Waals surface area contributed by atoms with Crippen molar-refractivity contribution in [1.82, 2.24) is 0 Å². The zero-order chi connectivity index (χ0) is 102. The van der Waals surface area contributed by atoms with E-state index in [4.69, 9.17) is 18.9 Å². The predicted octanol–water partition coefficient (Wildman–Crippen LogP) is 19.4. The molecule has 20 aliphatic rings. The molecular weight excluding hydrogens is 1780 g/mol. The highest BCUT2D eigenvalue weighted by molar-refractivity contribution is 6.03. The van der Waals surface area contributed by atoms with Gasteiger partial charge in [-0.05, 0) is 319 Å². The average molecular weight is 1930 g/mol.